The molecule has 0 aliphatic carbocycles. The zero-order valence-corrected chi connectivity index (χ0v) is 10.9. The monoisotopic (exact) mass is 270 g/mol. The van der Waals surface area contributed by atoms with Crippen molar-refractivity contribution >= 4 is 5.69 Å². The lowest BCUT2D eigenvalue weighted by molar-refractivity contribution is 0.288. The van der Waals surface area contributed by atoms with E-state index < -0.39 is 6.67 Å². The number of hydrogen-bond donors (Lipinski definition) is 1. The Morgan fingerprint density at radius 3 is 2.68 bits per heavy atom. The van der Waals surface area contributed by atoms with Gasteiger partial charge in [-0.05, 0) is 25.0 Å². The topological polar surface area (TPSA) is 38.5 Å². The SMILES string of the molecule is NC1CCN(c2ccc(OCCCF)cc2F)CC1. The van der Waals surface area contributed by atoms with E-state index in [2.05, 4.69) is 0 Å². The molecule has 1 aliphatic heterocycles. The maximum Gasteiger partial charge on any atom is 0.150 e. The molecule has 2 rings (SSSR count). The number of nitrogens with two attached hydrogens (primary N) is 1. The van der Waals surface area contributed by atoms with E-state index in [4.69, 9.17) is 10.5 Å². The van der Waals surface area contributed by atoms with E-state index in [1.165, 1.54) is 6.07 Å². The molecule has 1 aliphatic rings. The van der Waals surface area contributed by atoms with Crippen molar-refractivity contribution in [2.24, 2.45) is 5.73 Å². The molecule has 0 aromatic heterocycles. The van der Waals surface area contributed by atoms with Crippen LogP contribution in [0.4, 0.5) is 14.5 Å². The first-order chi connectivity index (χ1) is 9.20. The Balaban J connectivity index is 1.98. The number of benzene rings is 1. The summed E-state index contributed by atoms with van der Waals surface area (Å²) in [4.78, 5) is 2.00. The number of anilines is 1. The van der Waals surface area contributed by atoms with Gasteiger partial charge < -0.3 is 15.4 Å². The van der Waals surface area contributed by atoms with Crippen LogP contribution in [0.5, 0.6) is 5.75 Å². The molecule has 0 amide bonds. The fourth-order valence-corrected chi connectivity index (χ4v) is 2.22. The first-order valence-corrected chi connectivity index (χ1v) is 6.69. The van der Waals surface area contributed by atoms with Crippen LogP contribution >= 0.6 is 0 Å². The van der Waals surface area contributed by atoms with Gasteiger partial charge in [0.15, 0.2) is 0 Å². The van der Waals surface area contributed by atoms with Crippen LogP contribution in [0, 0.1) is 5.82 Å². The number of nitrogens with zero attached hydrogens (tertiary/aromatic N) is 1. The third-order valence-electron chi connectivity index (χ3n) is 3.35. The summed E-state index contributed by atoms with van der Waals surface area (Å²) in [5.41, 5.74) is 6.42. The Kier molecular flexibility index (Phi) is 4.96. The van der Waals surface area contributed by atoms with E-state index in [9.17, 15) is 8.78 Å². The van der Waals surface area contributed by atoms with Gasteiger partial charge in [-0.25, -0.2) is 4.39 Å². The molecule has 0 unspecified atom stereocenters. The van der Waals surface area contributed by atoms with Crippen molar-refractivity contribution in [3.05, 3.63) is 24.0 Å². The zero-order chi connectivity index (χ0) is 13.7. The molecule has 0 saturated carbocycles. The molecule has 1 fully saturated rings. The summed E-state index contributed by atoms with van der Waals surface area (Å²) in [7, 11) is 0. The highest BCUT2D eigenvalue weighted by molar-refractivity contribution is 5.51. The number of piperidine rings is 1. The van der Waals surface area contributed by atoms with Crippen molar-refractivity contribution < 1.29 is 13.5 Å². The molecule has 0 bridgehead atoms. The van der Waals surface area contributed by atoms with E-state index in [1.807, 2.05) is 4.90 Å². The van der Waals surface area contributed by atoms with Crippen molar-refractivity contribution in [2.75, 3.05) is 31.3 Å². The summed E-state index contributed by atoms with van der Waals surface area (Å²) in [6, 6.07) is 5.03. The number of ether oxygens (including phenoxy) is 1. The first-order valence-electron chi connectivity index (χ1n) is 6.69. The predicted octanol–water partition coefficient (Wildman–Crippen LogP) is 2.49. The molecule has 3 nitrogen and oxygen atoms in total. The van der Waals surface area contributed by atoms with Gasteiger partial charge >= 0.3 is 0 Å². The van der Waals surface area contributed by atoms with E-state index in [0.29, 0.717) is 17.9 Å². The van der Waals surface area contributed by atoms with Gasteiger partial charge in [-0.1, -0.05) is 0 Å². The van der Waals surface area contributed by atoms with Gasteiger partial charge in [0.25, 0.3) is 0 Å². The van der Waals surface area contributed by atoms with Gasteiger partial charge in [0, 0.05) is 31.6 Å². The van der Waals surface area contributed by atoms with E-state index in [-0.39, 0.29) is 18.5 Å². The smallest absolute Gasteiger partial charge is 0.150 e. The van der Waals surface area contributed by atoms with Gasteiger partial charge in [0.05, 0.1) is 19.0 Å². The molecule has 0 atom stereocenters. The van der Waals surface area contributed by atoms with Crippen LogP contribution in [0.25, 0.3) is 0 Å². The van der Waals surface area contributed by atoms with Crippen LogP contribution in [-0.4, -0.2) is 32.4 Å². The average molecular weight is 270 g/mol. The molecular formula is C14H20F2N2O. The second kappa shape index (κ2) is 6.70. The zero-order valence-electron chi connectivity index (χ0n) is 10.9. The quantitative estimate of drug-likeness (QED) is 0.835. The Morgan fingerprint density at radius 2 is 2.05 bits per heavy atom. The fraction of sp³-hybridized carbons (Fsp3) is 0.571. The van der Waals surface area contributed by atoms with Gasteiger partial charge in [-0.2, -0.15) is 0 Å². The Bertz CT molecular complexity index is 406. The van der Waals surface area contributed by atoms with Gasteiger partial charge in [-0.15, -0.1) is 0 Å². The molecule has 5 heteroatoms. The predicted molar refractivity (Wildman–Crippen MR) is 71.9 cm³/mol. The summed E-state index contributed by atoms with van der Waals surface area (Å²) in [6.07, 6.45) is 2.09. The largest absolute Gasteiger partial charge is 0.493 e. The molecule has 1 saturated heterocycles. The highest BCUT2D eigenvalue weighted by Crippen LogP contribution is 2.26. The summed E-state index contributed by atoms with van der Waals surface area (Å²) in [5, 5.41) is 0. The average Bonchev–Trinajstić information content (AvgIpc) is 2.41. The fourth-order valence-electron chi connectivity index (χ4n) is 2.22. The Hall–Kier alpha value is -1.36. The molecule has 1 heterocycles. The standard InChI is InChI=1S/C14H20F2N2O/c15-6-1-9-19-12-2-3-14(13(16)10-12)18-7-4-11(17)5-8-18/h2-3,10-11H,1,4-9,17H2. The molecule has 106 valence electrons. The minimum absolute atomic E-state index is 0.225. The highest BCUT2D eigenvalue weighted by Gasteiger charge is 2.19. The highest BCUT2D eigenvalue weighted by atomic mass is 19.1. The van der Waals surface area contributed by atoms with Crippen LogP contribution in [0.1, 0.15) is 19.3 Å². The lowest BCUT2D eigenvalue weighted by Gasteiger charge is -2.32. The molecule has 19 heavy (non-hydrogen) atoms. The van der Waals surface area contributed by atoms with Crippen LogP contribution in [0.15, 0.2) is 18.2 Å². The maximum absolute atomic E-state index is 14.0. The van der Waals surface area contributed by atoms with Gasteiger partial charge in [-0.3, -0.25) is 4.39 Å². The number of rotatable bonds is 5. The summed E-state index contributed by atoms with van der Waals surface area (Å²) in [6.45, 7) is 1.41. The summed E-state index contributed by atoms with van der Waals surface area (Å²) < 4.78 is 31.2. The maximum atomic E-state index is 14.0. The van der Waals surface area contributed by atoms with E-state index in [0.717, 1.165) is 25.9 Å². The van der Waals surface area contributed by atoms with Gasteiger partial charge in [0.2, 0.25) is 0 Å². The molecule has 1 aromatic carbocycles. The normalized spacial score (nSPS) is 16.7. The van der Waals surface area contributed by atoms with Crippen LogP contribution < -0.4 is 15.4 Å². The number of halogens is 2. The third-order valence-corrected chi connectivity index (χ3v) is 3.35. The van der Waals surface area contributed by atoms with Gasteiger partial charge in [0.1, 0.15) is 11.6 Å². The minimum Gasteiger partial charge on any atom is -0.493 e. The second-order valence-electron chi connectivity index (χ2n) is 4.83. The summed E-state index contributed by atoms with van der Waals surface area (Å²) >= 11 is 0. The molecule has 0 radical (unpaired) electrons. The van der Waals surface area contributed by atoms with Crippen molar-refractivity contribution in [3.8, 4) is 5.75 Å². The van der Waals surface area contributed by atoms with Crippen LogP contribution in [0.3, 0.4) is 0 Å². The van der Waals surface area contributed by atoms with Crippen molar-refractivity contribution in [1.82, 2.24) is 0 Å². The molecule has 0 spiro atoms. The van der Waals surface area contributed by atoms with Crippen molar-refractivity contribution in [1.29, 1.82) is 0 Å². The molecular weight excluding hydrogens is 250 g/mol. The number of alkyl halides is 1. The number of hydrogen-bond acceptors (Lipinski definition) is 3. The Morgan fingerprint density at radius 1 is 1.32 bits per heavy atom. The lowest BCUT2D eigenvalue weighted by Crippen LogP contribution is -2.40. The first kappa shape index (κ1) is 14.1. The second-order valence-corrected chi connectivity index (χ2v) is 4.83. The van der Waals surface area contributed by atoms with Crippen LogP contribution in [-0.2, 0) is 0 Å². The van der Waals surface area contributed by atoms with Crippen LogP contribution in [0.2, 0.25) is 0 Å². The van der Waals surface area contributed by atoms with E-state index >= 15 is 0 Å². The van der Waals surface area contributed by atoms with E-state index in [1.54, 1.807) is 12.1 Å². The Labute approximate surface area is 112 Å². The third kappa shape index (κ3) is 3.80. The van der Waals surface area contributed by atoms with Crippen molar-refractivity contribution in [2.45, 2.75) is 25.3 Å². The lowest BCUT2D eigenvalue weighted by atomic mass is 10.1. The molecule has 2 N–H and O–H groups in total. The van der Waals surface area contributed by atoms with Crippen molar-refractivity contribution in [3.63, 3.8) is 0 Å². The summed E-state index contributed by atoms with van der Waals surface area (Å²) in [5.74, 6) is 0.150. The molecule has 1 aromatic rings. The minimum atomic E-state index is -0.422.